The van der Waals surface area contributed by atoms with Crippen LogP contribution in [0.3, 0.4) is 0 Å². The Morgan fingerprint density at radius 2 is 2.00 bits per heavy atom. The molecule has 0 aromatic carbocycles. The van der Waals surface area contributed by atoms with Crippen LogP contribution in [0.2, 0.25) is 0 Å². The highest BCUT2D eigenvalue weighted by molar-refractivity contribution is 4.88. The molecule has 3 fully saturated rings. The minimum absolute atomic E-state index is 0.970. The molecule has 2 unspecified atom stereocenters. The summed E-state index contributed by atoms with van der Waals surface area (Å²) in [7, 11) is 0. The molecular weight excluding hydrogens is 158 g/mol. The van der Waals surface area contributed by atoms with Gasteiger partial charge in [0, 0.05) is 6.54 Å². The minimum atomic E-state index is 0.970. The van der Waals surface area contributed by atoms with E-state index in [1.807, 2.05) is 0 Å². The van der Waals surface area contributed by atoms with Gasteiger partial charge in [0.2, 0.25) is 0 Å². The lowest BCUT2D eigenvalue weighted by Crippen LogP contribution is -2.49. The van der Waals surface area contributed by atoms with E-state index in [1.54, 1.807) is 0 Å². The van der Waals surface area contributed by atoms with Crippen molar-refractivity contribution in [1.29, 1.82) is 0 Å². The zero-order valence-electron chi connectivity index (χ0n) is 9.13. The fourth-order valence-corrected chi connectivity index (χ4v) is 3.32. The second-order valence-corrected chi connectivity index (χ2v) is 5.07. The van der Waals surface area contributed by atoms with E-state index in [4.69, 9.17) is 0 Å². The topological polar surface area (TPSA) is 3.24 Å². The lowest BCUT2D eigenvalue weighted by molar-refractivity contribution is 0.0214. The third kappa shape index (κ3) is 1.90. The van der Waals surface area contributed by atoms with Crippen LogP contribution < -0.4 is 0 Å². The van der Waals surface area contributed by atoms with Crippen LogP contribution in [0.25, 0.3) is 0 Å². The molecule has 0 N–H and O–H groups in total. The Hall–Kier alpha value is -0.0400. The first kappa shape index (κ1) is 9.51. The van der Waals surface area contributed by atoms with Crippen LogP contribution >= 0.6 is 0 Å². The van der Waals surface area contributed by atoms with Gasteiger partial charge in [-0.3, -0.25) is 0 Å². The van der Waals surface area contributed by atoms with Gasteiger partial charge in [-0.15, -0.1) is 0 Å². The molecule has 1 heteroatoms. The van der Waals surface area contributed by atoms with Gasteiger partial charge in [-0.1, -0.05) is 26.7 Å². The summed E-state index contributed by atoms with van der Waals surface area (Å²) in [6, 6.07) is 0. The van der Waals surface area contributed by atoms with Crippen LogP contribution in [0.15, 0.2) is 0 Å². The van der Waals surface area contributed by atoms with Crippen molar-refractivity contribution in [2.24, 2.45) is 17.8 Å². The van der Waals surface area contributed by atoms with Gasteiger partial charge in [-0.2, -0.15) is 0 Å². The van der Waals surface area contributed by atoms with Crippen LogP contribution in [0.1, 0.15) is 39.5 Å². The van der Waals surface area contributed by atoms with Gasteiger partial charge in [-0.05, 0) is 43.7 Å². The fourth-order valence-electron chi connectivity index (χ4n) is 3.32. The molecule has 0 radical (unpaired) electrons. The molecular formula is C12H23N. The second-order valence-electron chi connectivity index (χ2n) is 5.07. The maximum atomic E-state index is 2.68. The highest BCUT2D eigenvalue weighted by Gasteiger charge is 2.36. The normalized spacial score (nSPS) is 40.6. The number of fused-ring (bicyclic) bond motifs is 3. The predicted molar refractivity (Wildman–Crippen MR) is 56.7 cm³/mol. The summed E-state index contributed by atoms with van der Waals surface area (Å²) in [5.74, 6) is 3.08. The first-order valence-electron chi connectivity index (χ1n) is 6.03. The van der Waals surface area contributed by atoms with Crippen LogP contribution in [-0.4, -0.2) is 24.5 Å². The average Bonchev–Trinajstić information content (AvgIpc) is 2.20. The lowest BCUT2D eigenvalue weighted by Gasteiger charge is -2.47. The molecule has 0 aromatic heterocycles. The van der Waals surface area contributed by atoms with Crippen molar-refractivity contribution in [3.05, 3.63) is 0 Å². The molecule has 0 aliphatic carbocycles. The maximum absolute atomic E-state index is 2.68. The molecule has 2 bridgehead atoms. The summed E-state index contributed by atoms with van der Waals surface area (Å²) in [5, 5.41) is 0. The molecule has 3 heterocycles. The van der Waals surface area contributed by atoms with Gasteiger partial charge >= 0.3 is 0 Å². The van der Waals surface area contributed by atoms with Gasteiger partial charge in [0.1, 0.15) is 0 Å². The quantitative estimate of drug-likeness (QED) is 0.647. The van der Waals surface area contributed by atoms with Gasteiger partial charge < -0.3 is 4.90 Å². The Bertz CT molecular complexity index is 159. The van der Waals surface area contributed by atoms with Crippen LogP contribution in [0, 0.1) is 17.8 Å². The number of hydrogen-bond donors (Lipinski definition) is 0. The zero-order chi connectivity index (χ0) is 9.26. The van der Waals surface area contributed by atoms with Crippen LogP contribution in [0.4, 0.5) is 0 Å². The van der Waals surface area contributed by atoms with Crippen molar-refractivity contribution < 1.29 is 0 Å². The van der Waals surface area contributed by atoms with E-state index in [2.05, 4.69) is 18.7 Å². The standard InChI is InChI=1S/C12H23N/c1-3-4-10(2)12-9-13-7-5-11(12)6-8-13/h10-12H,3-9H2,1-2H3. The number of hydrogen-bond acceptors (Lipinski definition) is 1. The minimum Gasteiger partial charge on any atom is -0.303 e. The Kier molecular flexibility index (Phi) is 2.92. The van der Waals surface area contributed by atoms with E-state index in [-0.39, 0.29) is 0 Å². The highest BCUT2D eigenvalue weighted by Crippen LogP contribution is 2.37. The fraction of sp³-hybridized carbons (Fsp3) is 1.00. The SMILES string of the molecule is CCCC(C)C1CN2CCC1CC2. The highest BCUT2D eigenvalue weighted by atomic mass is 15.1. The molecule has 0 saturated carbocycles. The molecule has 0 aromatic rings. The third-order valence-electron chi connectivity index (χ3n) is 4.18. The summed E-state index contributed by atoms with van der Waals surface area (Å²) in [6.07, 6.45) is 5.77. The largest absolute Gasteiger partial charge is 0.303 e. The number of piperidine rings is 3. The molecule has 1 nitrogen and oxygen atoms in total. The molecule has 3 saturated heterocycles. The molecule has 76 valence electrons. The Labute approximate surface area is 82.5 Å². The zero-order valence-corrected chi connectivity index (χ0v) is 9.13. The Morgan fingerprint density at radius 3 is 2.46 bits per heavy atom. The first-order chi connectivity index (χ1) is 6.31. The van der Waals surface area contributed by atoms with Crippen molar-refractivity contribution in [2.75, 3.05) is 19.6 Å². The maximum Gasteiger partial charge on any atom is 0.00149 e. The van der Waals surface area contributed by atoms with E-state index < -0.39 is 0 Å². The van der Waals surface area contributed by atoms with E-state index in [9.17, 15) is 0 Å². The lowest BCUT2D eigenvalue weighted by atomic mass is 9.72. The molecule has 3 aliphatic heterocycles. The Morgan fingerprint density at radius 1 is 1.31 bits per heavy atom. The predicted octanol–water partition coefficient (Wildman–Crippen LogP) is 2.76. The van der Waals surface area contributed by atoms with E-state index in [0.29, 0.717) is 0 Å². The van der Waals surface area contributed by atoms with Gasteiger partial charge in [0.25, 0.3) is 0 Å². The summed E-state index contributed by atoms with van der Waals surface area (Å²) in [4.78, 5) is 2.68. The van der Waals surface area contributed by atoms with E-state index in [0.717, 1.165) is 17.8 Å². The van der Waals surface area contributed by atoms with Crippen molar-refractivity contribution in [2.45, 2.75) is 39.5 Å². The van der Waals surface area contributed by atoms with Crippen molar-refractivity contribution >= 4 is 0 Å². The summed E-state index contributed by atoms with van der Waals surface area (Å²) < 4.78 is 0. The van der Waals surface area contributed by atoms with Crippen molar-refractivity contribution in [1.82, 2.24) is 4.90 Å². The second kappa shape index (κ2) is 4.00. The van der Waals surface area contributed by atoms with Gasteiger partial charge in [0.05, 0.1) is 0 Å². The number of nitrogens with zero attached hydrogens (tertiary/aromatic N) is 1. The van der Waals surface area contributed by atoms with Crippen LogP contribution in [0.5, 0.6) is 0 Å². The average molecular weight is 181 g/mol. The van der Waals surface area contributed by atoms with Crippen LogP contribution in [-0.2, 0) is 0 Å². The number of rotatable bonds is 3. The third-order valence-corrected chi connectivity index (χ3v) is 4.18. The van der Waals surface area contributed by atoms with Gasteiger partial charge in [-0.25, -0.2) is 0 Å². The smallest absolute Gasteiger partial charge is 0.00149 e. The molecule has 2 atom stereocenters. The van der Waals surface area contributed by atoms with E-state index in [1.165, 1.54) is 45.3 Å². The molecule has 3 aliphatic rings. The Balaban J connectivity index is 1.92. The van der Waals surface area contributed by atoms with E-state index >= 15 is 0 Å². The molecule has 13 heavy (non-hydrogen) atoms. The first-order valence-corrected chi connectivity index (χ1v) is 6.03. The van der Waals surface area contributed by atoms with Gasteiger partial charge in [0.15, 0.2) is 0 Å². The molecule has 0 spiro atoms. The summed E-state index contributed by atoms with van der Waals surface area (Å²) in [5.41, 5.74) is 0. The molecule has 0 amide bonds. The summed E-state index contributed by atoms with van der Waals surface area (Å²) >= 11 is 0. The summed E-state index contributed by atoms with van der Waals surface area (Å²) in [6.45, 7) is 8.97. The molecule has 3 rings (SSSR count). The monoisotopic (exact) mass is 181 g/mol. The van der Waals surface area contributed by atoms with Crippen molar-refractivity contribution in [3.63, 3.8) is 0 Å². The van der Waals surface area contributed by atoms with Crippen molar-refractivity contribution in [3.8, 4) is 0 Å².